The SMILES string of the molecule is CC(C)(C)[Si](C)(C)OCCc1ccc(C2(O)CC[C@@H]3CN(C(=O)C4CCOCC4)C[C@@H]32)cc1. The quantitative estimate of drug-likeness (QED) is 0.607. The third-order valence-corrected chi connectivity index (χ3v) is 13.5. The maximum atomic E-state index is 13.0. The van der Waals surface area contributed by atoms with Crippen molar-refractivity contribution in [3.05, 3.63) is 35.4 Å². The van der Waals surface area contributed by atoms with Crippen LogP contribution in [0.25, 0.3) is 0 Å². The molecule has 1 aromatic carbocycles. The van der Waals surface area contributed by atoms with Crippen LogP contribution >= 0.6 is 0 Å². The number of hydrogen-bond donors (Lipinski definition) is 1. The molecule has 6 heteroatoms. The van der Waals surface area contributed by atoms with Gasteiger partial charge in [-0.15, -0.1) is 0 Å². The number of aliphatic hydroxyl groups is 1. The van der Waals surface area contributed by atoms with Gasteiger partial charge in [-0.25, -0.2) is 0 Å². The highest BCUT2D eigenvalue weighted by Crippen LogP contribution is 2.50. The van der Waals surface area contributed by atoms with Crippen molar-refractivity contribution in [2.45, 2.75) is 76.6 Å². The summed E-state index contributed by atoms with van der Waals surface area (Å²) in [6, 6.07) is 8.51. The molecule has 184 valence electrons. The number of fused-ring (bicyclic) bond motifs is 1. The summed E-state index contributed by atoms with van der Waals surface area (Å²) in [4.78, 5) is 15.1. The van der Waals surface area contributed by atoms with Crippen molar-refractivity contribution in [2.75, 3.05) is 32.9 Å². The lowest BCUT2D eigenvalue weighted by Crippen LogP contribution is -2.41. The Kier molecular flexibility index (Phi) is 7.12. The Morgan fingerprint density at radius 2 is 1.82 bits per heavy atom. The number of carbonyl (C=O) groups is 1. The number of carbonyl (C=O) groups excluding carboxylic acids is 1. The van der Waals surface area contributed by atoms with Gasteiger partial charge in [-0.1, -0.05) is 45.0 Å². The van der Waals surface area contributed by atoms with Gasteiger partial charge in [0.2, 0.25) is 5.91 Å². The van der Waals surface area contributed by atoms with Crippen molar-refractivity contribution in [2.24, 2.45) is 17.8 Å². The van der Waals surface area contributed by atoms with Gasteiger partial charge in [0.25, 0.3) is 0 Å². The van der Waals surface area contributed by atoms with Gasteiger partial charge in [-0.2, -0.15) is 0 Å². The number of nitrogens with zero attached hydrogens (tertiary/aromatic N) is 1. The zero-order valence-corrected chi connectivity index (χ0v) is 22.2. The summed E-state index contributed by atoms with van der Waals surface area (Å²) >= 11 is 0. The number of ether oxygens (including phenoxy) is 1. The second-order valence-corrected chi connectivity index (χ2v) is 16.8. The molecule has 0 aromatic heterocycles. The summed E-state index contributed by atoms with van der Waals surface area (Å²) in [6.45, 7) is 15.0. The van der Waals surface area contributed by atoms with Crippen molar-refractivity contribution >= 4 is 14.2 Å². The molecule has 1 saturated carbocycles. The summed E-state index contributed by atoms with van der Waals surface area (Å²) in [7, 11) is -1.73. The van der Waals surface area contributed by atoms with Crippen LogP contribution in [0.15, 0.2) is 24.3 Å². The number of benzene rings is 1. The first-order chi connectivity index (χ1) is 15.5. The lowest BCUT2D eigenvalue weighted by Gasteiger charge is -2.36. The molecule has 0 radical (unpaired) electrons. The van der Waals surface area contributed by atoms with E-state index in [1.807, 2.05) is 4.90 Å². The van der Waals surface area contributed by atoms with Crippen molar-refractivity contribution in [1.29, 1.82) is 0 Å². The topological polar surface area (TPSA) is 59.0 Å². The predicted molar refractivity (Wildman–Crippen MR) is 134 cm³/mol. The Morgan fingerprint density at radius 1 is 1.15 bits per heavy atom. The average Bonchev–Trinajstić information content (AvgIpc) is 3.34. The molecule has 33 heavy (non-hydrogen) atoms. The molecule has 1 amide bonds. The minimum atomic E-state index is -1.73. The number of rotatable bonds is 6. The molecule has 1 N–H and O–H groups in total. The van der Waals surface area contributed by atoms with E-state index in [4.69, 9.17) is 9.16 Å². The van der Waals surface area contributed by atoms with E-state index in [0.29, 0.717) is 25.7 Å². The standard InChI is InChI=1S/C27H43NO4Si/c1-26(2,3)33(4,5)32-17-11-20-6-8-23(9-7-20)27(30)14-10-22-18-28(19-24(22)27)25(29)21-12-15-31-16-13-21/h6-9,21-22,24,30H,10-19H2,1-5H3/t22-,24+,27?/m1/s1. The Morgan fingerprint density at radius 3 is 2.45 bits per heavy atom. The van der Waals surface area contributed by atoms with Crippen LogP contribution in [0.2, 0.25) is 18.1 Å². The van der Waals surface area contributed by atoms with E-state index < -0.39 is 13.9 Å². The van der Waals surface area contributed by atoms with Crippen molar-refractivity contribution < 1.29 is 19.1 Å². The fourth-order valence-corrected chi connectivity index (χ4v) is 6.68. The maximum Gasteiger partial charge on any atom is 0.225 e. The Bertz CT molecular complexity index is 828. The second-order valence-electron chi connectivity index (χ2n) is 12.0. The van der Waals surface area contributed by atoms with Gasteiger partial charge in [-0.05, 0) is 67.3 Å². The van der Waals surface area contributed by atoms with Crippen molar-refractivity contribution in [3.8, 4) is 0 Å². The lowest BCUT2D eigenvalue weighted by atomic mass is 9.82. The van der Waals surface area contributed by atoms with Crippen molar-refractivity contribution in [1.82, 2.24) is 4.90 Å². The average molecular weight is 474 g/mol. The fraction of sp³-hybridized carbons (Fsp3) is 0.741. The van der Waals surface area contributed by atoms with Crippen LogP contribution < -0.4 is 0 Å². The van der Waals surface area contributed by atoms with Gasteiger partial charge >= 0.3 is 0 Å². The van der Waals surface area contributed by atoms with Crippen molar-refractivity contribution in [3.63, 3.8) is 0 Å². The van der Waals surface area contributed by atoms with Gasteiger partial charge in [0.1, 0.15) is 0 Å². The van der Waals surface area contributed by atoms with E-state index >= 15 is 0 Å². The maximum absolute atomic E-state index is 13.0. The van der Waals surface area contributed by atoms with E-state index in [2.05, 4.69) is 58.1 Å². The molecule has 3 aliphatic rings. The zero-order chi connectivity index (χ0) is 23.9. The lowest BCUT2D eigenvalue weighted by molar-refractivity contribution is -0.138. The molecule has 3 fully saturated rings. The summed E-state index contributed by atoms with van der Waals surface area (Å²) in [5.74, 6) is 0.899. The smallest absolute Gasteiger partial charge is 0.225 e. The molecule has 0 spiro atoms. The molecule has 0 bridgehead atoms. The van der Waals surface area contributed by atoms with Crippen LogP contribution in [0.4, 0.5) is 0 Å². The van der Waals surface area contributed by atoms with Crippen LogP contribution in [0.1, 0.15) is 57.6 Å². The van der Waals surface area contributed by atoms with Gasteiger partial charge in [0, 0.05) is 44.7 Å². The Labute approximate surface area is 201 Å². The highest BCUT2D eigenvalue weighted by atomic mass is 28.4. The molecule has 1 aromatic rings. The summed E-state index contributed by atoms with van der Waals surface area (Å²) in [6.07, 6.45) is 4.33. The fourth-order valence-electron chi connectivity index (χ4n) is 5.64. The highest BCUT2D eigenvalue weighted by molar-refractivity contribution is 6.74. The first-order valence-corrected chi connectivity index (χ1v) is 15.7. The van der Waals surface area contributed by atoms with E-state index in [1.54, 1.807) is 0 Å². The van der Waals surface area contributed by atoms with Gasteiger partial charge in [-0.3, -0.25) is 4.79 Å². The van der Waals surface area contributed by atoms with Crippen LogP contribution in [0, 0.1) is 17.8 Å². The third-order valence-electron chi connectivity index (χ3n) is 8.95. The highest BCUT2D eigenvalue weighted by Gasteiger charge is 2.53. The normalized spacial score (nSPS) is 28.8. The molecular formula is C27H43NO4Si. The first-order valence-electron chi connectivity index (χ1n) is 12.8. The minimum Gasteiger partial charge on any atom is -0.416 e. The van der Waals surface area contributed by atoms with Gasteiger partial charge in [0.15, 0.2) is 8.32 Å². The molecule has 1 aliphatic carbocycles. The molecule has 3 atom stereocenters. The summed E-state index contributed by atoms with van der Waals surface area (Å²) in [5, 5.41) is 12.0. The number of amides is 1. The molecule has 2 saturated heterocycles. The summed E-state index contributed by atoms with van der Waals surface area (Å²) < 4.78 is 11.8. The molecule has 5 nitrogen and oxygen atoms in total. The molecule has 2 aliphatic heterocycles. The monoisotopic (exact) mass is 473 g/mol. The largest absolute Gasteiger partial charge is 0.416 e. The predicted octanol–water partition coefficient (Wildman–Crippen LogP) is 4.73. The van der Waals surface area contributed by atoms with Crippen LogP contribution in [0.5, 0.6) is 0 Å². The molecule has 1 unspecified atom stereocenters. The van der Waals surface area contributed by atoms with Gasteiger partial charge in [0.05, 0.1) is 5.60 Å². The second kappa shape index (κ2) is 9.44. The van der Waals surface area contributed by atoms with E-state index in [0.717, 1.165) is 50.8 Å². The number of likely N-dealkylation sites (tertiary alicyclic amines) is 1. The minimum absolute atomic E-state index is 0.0958. The third kappa shape index (κ3) is 5.09. The molecule has 2 heterocycles. The Hall–Kier alpha value is -1.21. The van der Waals surface area contributed by atoms with Crippen LogP contribution in [-0.2, 0) is 26.0 Å². The molecular weight excluding hydrogens is 430 g/mol. The van der Waals surface area contributed by atoms with E-state index in [9.17, 15) is 9.90 Å². The van der Waals surface area contributed by atoms with Gasteiger partial charge < -0.3 is 19.2 Å². The number of hydrogen-bond acceptors (Lipinski definition) is 4. The van der Waals surface area contributed by atoms with E-state index in [-0.39, 0.29) is 22.8 Å². The first kappa shape index (κ1) is 24.9. The van der Waals surface area contributed by atoms with Crippen LogP contribution in [-0.4, -0.2) is 57.1 Å². The molecule has 4 rings (SSSR count). The zero-order valence-electron chi connectivity index (χ0n) is 21.2. The Balaban J connectivity index is 1.36. The summed E-state index contributed by atoms with van der Waals surface area (Å²) in [5.41, 5.74) is 1.42. The van der Waals surface area contributed by atoms with E-state index in [1.165, 1.54) is 5.56 Å². The van der Waals surface area contributed by atoms with Crippen LogP contribution in [0.3, 0.4) is 0 Å².